The van der Waals surface area contributed by atoms with Gasteiger partial charge in [0.1, 0.15) is 0 Å². The normalized spacial score (nSPS) is 16.6. The number of nitrogens with zero attached hydrogens (tertiary/aromatic N) is 1. The van der Waals surface area contributed by atoms with E-state index in [2.05, 4.69) is 63.3 Å². The Bertz CT molecular complexity index is 681. The monoisotopic (exact) mass is 417 g/mol. The summed E-state index contributed by atoms with van der Waals surface area (Å²) in [5, 5.41) is -0.0353. The summed E-state index contributed by atoms with van der Waals surface area (Å²) in [6.45, 7) is 3.80. The third-order valence-electron chi connectivity index (χ3n) is 4.77. The minimum absolute atomic E-state index is 0.0353. The Kier molecular flexibility index (Phi) is 6.60. The maximum absolute atomic E-state index is 12.7. The maximum atomic E-state index is 12.7. The van der Waals surface area contributed by atoms with Crippen LogP contribution in [0.4, 0.5) is 0 Å². The van der Waals surface area contributed by atoms with Gasteiger partial charge in [-0.3, -0.25) is 4.79 Å². The van der Waals surface area contributed by atoms with E-state index in [1.54, 1.807) is 11.8 Å². The first-order valence-corrected chi connectivity index (χ1v) is 10.5. The molecule has 4 heteroatoms. The van der Waals surface area contributed by atoms with E-state index in [9.17, 15) is 4.79 Å². The third kappa shape index (κ3) is 5.35. The molecule has 2 nitrogen and oxygen atoms in total. The van der Waals surface area contributed by atoms with Crippen LogP contribution in [0.25, 0.3) is 0 Å². The zero-order valence-corrected chi connectivity index (χ0v) is 16.9. The molecule has 2 aromatic rings. The number of benzene rings is 2. The molecule has 1 aliphatic rings. The van der Waals surface area contributed by atoms with Gasteiger partial charge in [0.15, 0.2) is 0 Å². The molecular formula is C21H24BrNOS. The van der Waals surface area contributed by atoms with Crippen LogP contribution in [0.2, 0.25) is 0 Å². The summed E-state index contributed by atoms with van der Waals surface area (Å²) in [7, 11) is 0. The second kappa shape index (κ2) is 8.91. The van der Waals surface area contributed by atoms with E-state index in [1.807, 2.05) is 19.1 Å². The standard InChI is InChI=1S/C21H24BrNOS/c1-16(25-20-9-7-19(22)8-10-20)21(24)23-13-11-18(12-14-23)15-17-5-3-2-4-6-17/h2-10,16,18H,11-15H2,1H3. The molecule has 0 radical (unpaired) electrons. The lowest BCUT2D eigenvalue weighted by Crippen LogP contribution is -2.42. The van der Waals surface area contributed by atoms with Crippen molar-refractivity contribution in [2.24, 2.45) is 5.92 Å². The first-order chi connectivity index (χ1) is 12.1. The maximum Gasteiger partial charge on any atom is 0.235 e. The van der Waals surface area contributed by atoms with E-state index in [1.165, 1.54) is 5.56 Å². The quantitative estimate of drug-likeness (QED) is 0.605. The molecule has 1 unspecified atom stereocenters. The number of carbonyl (C=O) groups excluding carboxylic acids is 1. The fourth-order valence-corrected chi connectivity index (χ4v) is 4.55. The number of amides is 1. The van der Waals surface area contributed by atoms with Gasteiger partial charge < -0.3 is 4.90 Å². The topological polar surface area (TPSA) is 20.3 Å². The predicted molar refractivity (Wildman–Crippen MR) is 109 cm³/mol. The Balaban J connectivity index is 1.48. The summed E-state index contributed by atoms with van der Waals surface area (Å²) in [5.41, 5.74) is 1.41. The number of hydrogen-bond acceptors (Lipinski definition) is 2. The average Bonchev–Trinajstić information content (AvgIpc) is 2.64. The highest BCUT2D eigenvalue weighted by molar-refractivity contribution is 9.10. The number of hydrogen-bond donors (Lipinski definition) is 0. The molecule has 1 saturated heterocycles. The number of halogens is 1. The molecule has 1 fully saturated rings. The average molecular weight is 418 g/mol. The van der Waals surface area contributed by atoms with Crippen molar-refractivity contribution in [1.29, 1.82) is 0 Å². The second-order valence-corrected chi connectivity index (χ2v) is 9.00. The minimum atomic E-state index is -0.0353. The summed E-state index contributed by atoms with van der Waals surface area (Å²) in [5.74, 6) is 0.965. The van der Waals surface area contributed by atoms with Crippen LogP contribution >= 0.6 is 27.7 Å². The third-order valence-corrected chi connectivity index (χ3v) is 6.40. The van der Waals surface area contributed by atoms with Crippen LogP contribution in [0.5, 0.6) is 0 Å². The summed E-state index contributed by atoms with van der Waals surface area (Å²) in [6.07, 6.45) is 3.35. The minimum Gasteiger partial charge on any atom is -0.342 e. The van der Waals surface area contributed by atoms with Gasteiger partial charge in [-0.1, -0.05) is 46.3 Å². The molecule has 1 amide bonds. The zero-order valence-electron chi connectivity index (χ0n) is 14.5. The van der Waals surface area contributed by atoms with Gasteiger partial charge in [-0.2, -0.15) is 0 Å². The van der Waals surface area contributed by atoms with E-state index in [4.69, 9.17) is 0 Å². The van der Waals surface area contributed by atoms with Crippen molar-refractivity contribution in [3.63, 3.8) is 0 Å². The van der Waals surface area contributed by atoms with Crippen molar-refractivity contribution in [3.8, 4) is 0 Å². The summed E-state index contributed by atoms with van der Waals surface area (Å²) >= 11 is 5.09. The van der Waals surface area contributed by atoms with Gasteiger partial charge in [-0.15, -0.1) is 11.8 Å². The van der Waals surface area contributed by atoms with Gasteiger partial charge in [0.05, 0.1) is 5.25 Å². The largest absolute Gasteiger partial charge is 0.342 e. The molecule has 0 aromatic heterocycles. The van der Waals surface area contributed by atoms with E-state index in [0.717, 1.165) is 41.7 Å². The smallest absolute Gasteiger partial charge is 0.235 e. The molecule has 0 N–H and O–H groups in total. The Morgan fingerprint density at radius 1 is 1.12 bits per heavy atom. The molecule has 0 aliphatic carbocycles. The van der Waals surface area contributed by atoms with Crippen molar-refractivity contribution in [2.75, 3.05) is 13.1 Å². The number of likely N-dealkylation sites (tertiary alicyclic amines) is 1. The van der Waals surface area contributed by atoms with Crippen LogP contribution < -0.4 is 0 Å². The van der Waals surface area contributed by atoms with Gasteiger partial charge in [-0.05, 0) is 61.9 Å². The van der Waals surface area contributed by atoms with E-state index < -0.39 is 0 Å². The molecule has 0 bridgehead atoms. The molecule has 0 saturated carbocycles. The van der Waals surface area contributed by atoms with Crippen LogP contribution in [0.15, 0.2) is 64.0 Å². The lowest BCUT2D eigenvalue weighted by Gasteiger charge is -2.33. The Morgan fingerprint density at radius 2 is 1.76 bits per heavy atom. The van der Waals surface area contributed by atoms with Crippen molar-refractivity contribution >= 4 is 33.6 Å². The summed E-state index contributed by atoms with van der Waals surface area (Å²) in [6, 6.07) is 18.8. The Labute approximate surface area is 163 Å². The summed E-state index contributed by atoms with van der Waals surface area (Å²) < 4.78 is 1.07. The molecule has 0 spiro atoms. The number of thioether (sulfide) groups is 1. The van der Waals surface area contributed by atoms with Crippen LogP contribution in [-0.2, 0) is 11.2 Å². The first kappa shape index (κ1) is 18.5. The number of piperidine rings is 1. The zero-order chi connectivity index (χ0) is 17.6. The van der Waals surface area contributed by atoms with E-state index >= 15 is 0 Å². The fourth-order valence-electron chi connectivity index (χ4n) is 3.33. The molecule has 3 rings (SSSR count). The van der Waals surface area contributed by atoms with Gasteiger partial charge in [0, 0.05) is 22.5 Å². The predicted octanol–water partition coefficient (Wildman–Crippen LogP) is 5.41. The van der Waals surface area contributed by atoms with E-state index in [0.29, 0.717) is 5.92 Å². The van der Waals surface area contributed by atoms with Crippen LogP contribution in [0.1, 0.15) is 25.3 Å². The molecule has 1 aliphatic heterocycles. The van der Waals surface area contributed by atoms with Crippen molar-refractivity contribution < 1.29 is 4.79 Å². The Morgan fingerprint density at radius 3 is 2.40 bits per heavy atom. The highest BCUT2D eigenvalue weighted by atomic mass is 79.9. The highest BCUT2D eigenvalue weighted by Gasteiger charge is 2.26. The molecule has 2 aromatic carbocycles. The first-order valence-electron chi connectivity index (χ1n) is 8.87. The fraction of sp³-hybridized carbons (Fsp3) is 0.381. The lowest BCUT2D eigenvalue weighted by atomic mass is 9.90. The SMILES string of the molecule is CC(Sc1ccc(Br)cc1)C(=O)N1CCC(Cc2ccccc2)CC1. The van der Waals surface area contributed by atoms with E-state index in [-0.39, 0.29) is 11.2 Å². The lowest BCUT2D eigenvalue weighted by molar-refractivity contribution is -0.131. The van der Waals surface area contributed by atoms with Crippen molar-refractivity contribution in [1.82, 2.24) is 4.90 Å². The number of carbonyl (C=O) groups is 1. The highest BCUT2D eigenvalue weighted by Crippen LogP contribution is 2.28. The second-order valence-electron chi connectivity index (χ2n) is 6.67. The van der Waals surface area contributed by atoms with Crippen molar-refractivity contribution in [3.05, 3.63) is 64.6 Å². The number of rotatable bonds is 5. The molecule has 1 heterocycles. The molecular weight excluding hydrogens is 394 g/mol. The Hall–Kier alpha value is -1.26. The van der Waals surface area contributed by atoms with Crippen LogP contribution in [0, 0.1) is 5.92 Å². The molecule has 25 heavy (non-hydrogen) atoms. The van der Waals surface area contributed by atoms with Gasteiger partial charge >= 0.3 is 0 Å². The van der Waals surface area contributed by atoms with Gasteiger partial charge in [-0.25, -0.2) is 0 Å². The van der Waals surface area contributed by atoms with Crippen LogP contribution in [0.3, 0.4) is 0 Å². The molecule has 132 valence electrons. The van der Waals surface area contributed by atoms with Crippen molar-refractivity contribution in [2.45, 2.75) is 36.3 Å². The van der Waals surface area contributed by atoms with Gasteiger partial charge in [0.2, 0.25) is 5.91 Å². The van der Waals surface area contributed by atoms with Gasteiger partial charge in [0.25, 0.3) is 0 Å². The molecule has 1 atom stereocenters. The van der Waals surface area contributed by atoms with Crippen LogP contribution in [-0.4, -0.2) is 29.1 Å². The summed E-state index contributed by atoms with van der Waals surface area (Å²) in [4.78, 5) is 15.9.